The van der Waals surface area contributed by atoms with E-state index in [4.69, 9.17) is 5.11 Å². The van der Waals surface area contributed by atoms with Crippen molar-refractivity contribution < 1.29 is 32.6 Å². The first-order valence-electron chi connectivity index (χ1n) is 5.57. The van der Waals surface area contributed by atoms with E-state index in [0.29, 0.717) is 6.07 Å². The minimum atomic E-state index is -4.60. The summed E-state index contributed by atoms with van der Waals surface area (Å²) in [4.78, 5) is 23.1. The fourth-order valence-corrected chi connectivity index (χ4v) is 1.86. The van der Waals surface area contributed by atoms with Gasteiger partial charge in [-0.15, -0.1) is 0 Å². The third-order valence-electron chi connectivity index (χ3n) is 2.51. The molecular weight excluding hydrogens is 359 g/mol. The molecule has 0 heterocycles. The molecule has 5 nitrogen and oxygen atoms in total. The van der Waals surface area contributed by atoms with E-state index in [1.165, 1.54) is 0 Å². The third-order valence-corrected chi connectivity index (χ3v) is 3.20. The van der Waals surface area contributed by atoms with Crippen LogP contribution in [0.3, 0.4) is 0 Å². The molecule has 0 aromatic heterocycles. The Morgan fingerprint density at radius 3 is 2.52 bits per heavy atom. The topological polar surface area (TPSA) is 75.6 Å². The molecule has 116 valence electrons. The molecule has 9 heteroatoms. The molecule has 0 fully saturated rings. The van der Waals surface area contributed by atoms with Gasteiger partial charge in [-0.3, -0.25) is 4.79 Å². The van der Waals surface area contributed by atoms with Gasteiger partial charge in [0.05, 0.1) is 24.8 Å². The molecule has 0 radical (unpaired) electrons. The molecule has 0 aliphatic heterocycles. The molecule has 1 atom stereocenters. The van der Waals surface area contributed by atoms with Gasteiger partial charge in [0.15, 0.2) is 6.04 Å². The summed E-state index contributed by atoms with van der Waals surface area (Å²) in [6, 6.07) is 1.17. The summed E-state index contributed by atoms with van der Waals surface area (Å²) in [6.07, 6.45) is -4.60. The molecule has 1 amide bonds. The maximum Gasteiger partial charge on any atom is 0.416 e. The number of amides is 1. The van der Waals surface area contributed by atoms with Gasteiger partial charge in [0.1, 0.15) is 0 Å². The lowest BCUT2D eigenvalue weighted by Crippen LogP contribution is -2.44. The molecule has 1 rings (SSSR count). The lowest BCUT2D eigenvalue weighted by Gasteiger charge is -2.15. The summed E-state index contributed by atoms with van der Waals surface area (Å²) in [5, 5.41) is 11.1. The highest BCUT2D eigenvalue weighted by Crippen LogP contribution is 2.31. The molecule has 1 unspecified atom stereocenters. The van der Waals surface area contributed by atoms with Crippen LogP contribution in [0.4, 0.5) is 13.2 Å². The normalized spacial score (nSPS) is 12.7. The van der Waals surface area contributed by atoms with E-state index >= 15 is 0 Å². The number of aliphatic hydroxyl groups is 1. The van der Waals surface area contributed by atoms with Crippen molar-refractivity contribution in [3.63, 3.8) is 0 Å². The Labute approximate surface area is 126 Å². The highest BCUT2D eigenvalue weighted by atomic mass is 79.9. The number of esters is 1. The molecule has 0 bridgehead atoms. The van der Waals surface area contributed by atoms with Crippen molar-refractivity contribution in [3.8, 4) is 0 Å². The Morgan fingerprint density at radius 1 is 1.43 bits per heavy atom. The van der Waals surface area contributed by atoms with E-state index in [-0.39, 0.29) is 10.0 Å². The van der Waals surface area contributed by atoms with Crippen LogP contribution >= 0.6 is 15.9 Å². The molecule has 2 N–H and O–H groups in total. The summed E-state index contributed by atoms with van der Waals surface area (Å²) >= 11 is 2.96. The second kappa shape index (κ2) is 6.90. The van der Waals surface area contributed by atoms with Crippen molar-refractivity contribution in [2.75, 3.05) is 13.7 Å². The molecule has 21 heavy (non-hydrogen) atoms. The smallest absolute Gasteiger partial charge is 0.416 e. The zero-order valence-electron chi connectivity index (χ0n) is 10.7. The van der Waals surface area contributed by atoms with Gasteiger partial charge < -0.3 is 15.2 Å². The van der Waals surface area contributed by atoms with Gasteiger partial charge in [-0.05, 0) is 34.1 Å². The first kappa shape index (κ1) is 17.4. The molecule has 0 spiro atoms. The van der Waals surface area contributed by atoms with E-state index in [1.807, 2.05) is 0 Å². The van der Waals surface area contributed by atoms with E-state index in [2.05, 4.69) is 26.0 Å². The standard InChI is InChI=1S/C12H11BrF3NO4/c1-21-11(20)9(5-18)17-10(19)7-4-6(12(14,15)16)2-3-8(7)13/h2-4,9,18H,5H2,1H3,(H,17,19). The van der Waals surface area contributed by atoms with E-state index < -0.39 is 36.3 Å². The van der Waals surface area contributed by atoms with Crippen LogP contribution < -0.4 is 5.32 Å². The lowest BCUT2D eigenvalue weighted by atomic mass is 10.1. The number of ether oxygens (including phenoxy) is 1. The number of nitrogens with one attached hydrogen (secondary N) is 1. The van der Waals surface area contributed by atoms with Gasteiger partial charge in [-0.25, -0.2) is 4.79 Å². The predicted molar refractivity (Wildman–Crippen MR) is 69.5 cm³/mol. The average molecular weight is 370 g/mol. The van der Waals surface area contributed by atoms with E-state index in [1.54, 1.807) is 0 Å². The second-order valence-corrected chi connectivity index (χ2v) is 4.78. The largest absolute Gasteiger partial charge is 0.467 e. The van der Waals surface area contributed by atoms with Crippen molar-refractivity contribution >= 4 is 27.8 Å². The zero-order chi connectivity index (χ0) is 16.2. The Kier molecular flexibility index (Phi) is 5.73. The fourth-order valence-electron chi connectivity index (χ4n) is 1.43. The number of hydrogen-bond donors (Lipinski definition) is 2. The Hall–Kier alpha value is -1.61. The number of halogens is 4. The van der Waals surface area contributed by atoms with Crippen molar-refractivity contribution in [1.82, 2.24) is 5.32 Å². The van der Waals surface area contributed by atoms with Crippen molar-refractivity contribution in [2.45, 2.75) is 12.2 Å². The summed E-state index contributed by atoms with van der Waals surface area (Å²) in [5.41, 5.74) is -1.32. The van der Waals surface area contributed by atoms with Crippen LogP contribution in [0.1, 0.15) is 15.9 Å². The summed E-state index contributed by atoms with van der Waals surface area (Å²) in [6.45, 7) is -0.741. The molecule has 1 aromatic carbocycles. The number of hydrogen-bond acceptors (Lipinski definition) is 4. The number of alkyl halides is 3. The predicted octanol–water partition coefficient (Wildman–Crippen LogP) is 1.73. The van der Waals surface area contributed by atoms with Gasteiger partial charge in [-0.2, -0.15) is 13.2 Å². The highest BCUT2D eigenvalue weighted by Gasteiger charge is 2.32. The van der Waals surface area contributed by atoms with Gasteiger partial charge in [0, 0.05) is 4.47 Å². The quantitative estimate of drug-likeness (QED) is 0.792. The highest BCUT2D eigenvalue weighted by molar-refractivity contribution is 9.10. The van der Waals surface area contributed by atoms with Crippen LogP contribution in [0, 0.1) is 0 Å². The van der Waals surface area contributed by atoms with E-state index in [9.17, 15) is 22.8 Å². The first-order valence-corrected chi connectivity index (χ1v) is 6.36. The number of benzene rings is 1. The monoisotopic (exact) mass is 369 g/mol. The Balaban J connectivity index is 3.04. The number of methoxy groups -OCH3 is 1. The van der Waals surface area contributed by atoms with Crippen LogP contribution in [0.15, 0.2) is 22.7 Å². The lowest BCUT2D eigenvalue weighted by molar-refractivity contribution is -0.144. The SMILES string of the molecule is COC(=O)C(CO)NC(=O)c1cc(C(F)(F)F)ccc1Br. The number of aliphatic hydroxyl groups excluding tert-OH is 1. The van der Waals surface area contributed by atoms with Crippen LogP contribution in [-0.2, 0) is 15.7 Å². The van der Waals surface area contributed by atoms with Crippen LogP contribution in [-0.4, -0.2) is 36.7 Å². The maximum atomic E-state index is 12.6. The third kappa shape index (κ3) is 4.43. The first-order chi connectivity index (χ1) is 9.70. The Bertz CT molecular complexity index is 548. The van der Waals surface area contributed by atoms with Crippen LogP contribution in [0.2, 0.25) is 0 Å². The molecule has 0 aliphatic rings. The molecule has 0 saturated carbocycles. The zero-order valence-corrected chi connectivity index (χ0v) is 12.3. The fraction of sp³-hybridized carbons (Fsp3) is 0.333. The molecule has 1 aromatic rings. The summed E-state index contributed by atoms with van der Waals surface area (Å²) < 4.78 is 42.3. The summed E-state index contributed by atoms with van der Waals surface area (Å²) in [7, 11) is 1.05. The minimum absolute atomic E-state index is 0.120. The van der Waals surface area contributed by atoms with Crippen molar-refractivity contribution in [1.29, 1.82) is 0 Å². The minimum Gasteiger partial charge on any atom is -0.467 e. The van der Waals surface area contributed by atoms with E-state index in [0.717, 1.165) is 19.2 Å². The van der Waals surface area contributed by atoms with Crippen molar-refractivity contribution in [3.05, 3.63) is 33.8 Å². The maximum absolute atomic E-state index is 12.6. The number of carbonyl (C=O) groups excluding carboxylic acids is 2. The Morgan fingerprint density at radius 2 is 2.05 bits per heavy atom. The van der Waals surface area contributed by atoms with Crippen LogP contribution in [0.25, 0.3) is 0 Å². The molecule has 0 saturated heterocycles. The molecule has 0 aliphatic carbocycles. The number of carbonyl (C=O) groups is 2. The molecular formula is C12H11BrF3NO4. The van der Waals surface area contributed by atoms with Gasteiger partial charge in [-0.1, -0.05) is 0 Å². The van der Waals surface area contributed by atoms with Crippen molar-refractivity contribution in [2.24, 2.45) is 0 Å². The van der Waals surface area contributed by atoms with Gasteiger partial charge in [0.2, 0.25) is 0 Å². The van der Waals surface area contributed by atoms with Crippen LogP contribution in [0.5, 0.6) is 0 Å². The van der Waals surface area contributed by atoms with Gasteiger partial charge in [0.25, 0.3) is 5.91 Å². The second-order valence-electron chi connectivity index (χ2n) is 3.92. The average Bonchev–Trinajstić information content (AvgIpc) is 2.42. The summed E-state index contributed by atoms with van der Waals surface area (Å²) in [5.74, 6) is -1.86. The van der Waals surface area contributed by atoms with Gasteiger partial charge >= 0.3 is 12.1 Å². The number of rotatable bonds is 4.